The average Bonchev–Trinajstić information content (AvgIpc) is 2.92. The minimum Gasteiger partial charge on any atom is -0.396 e. The van der Waals surface area contributed by atoms with E-state index in [0.717, 1.165) is 51.4 Å². The van der Waals surface area contributed by atoms with E-state index in [-0.39, 0.29) is 36.6 Å². The van der Waals surface area contributed by atoms with E-state index in [1.165, 1.54) is 0 Å². The minimum atomic E-state index is -0.338. The Morgan fingerprint density at radius 3 is 2.54 bits per heavy atom. The number of allylic oxidation sites excluding steroid dienone is 3. The number of aliphatic hydroxyl groups is 2. The molecule has 1 rings (SSSR count). The Labute approximate surface area is 158 Å². The van der Waals surface area contributed by atoms with Gasteiger partial charge in [0.15, 0.2) is 0 Å². The summed E-state index contributed by atoms with van der Waals surface area (Å²) in [4.78, 5) is 10.7. The molecule has 0 radical (unpaired) electrons. The predicted octanol–water partition coefficient (Wildman–Crippen LogP) is 3.10. The van der Waals surface area contributed by atoms with Crippen LogP contribution in [0.25, 0.3) is 0 Å². The van der Waals surface area contributed by atoms with Gasteiger partial charge in [-0.3, -0.25) is 4.79 Å². The summed E-state index contributed by atoms with van der Waals surface area (Å²) >= 11 is 0. The summed E-state index contributed by atoms with van der Waals surface area (Å²) in [7, 11) is 1.72. The number of hydrogen-bond acceptors (Lipinski definition) is 4. The summed E-state index contributed by atoms with van der Waals surface area (Å²) < 4.78 is 5.59. The fourth-order valence-electron chi connectivity index (χ4n) is 3.68. The zero-order valence-electron chi connectivity index (χ0n) is 16.2. The molecule has 0 heterocycles. The van der Waals surface area contributed by atoms with E-state index < -0.39 is 0 Å². The summed E-state index contributed by atoms with van der Waals surface area (Å²) in [5.41, 5.74) is 5.14. The van der Waals surface area contributed by atoms with Crippen LogP contribution in [-0.2, 0) is 9.53 Å². The molecule has 150 valence electrons. The molecule has 0 aromatic heterocycles. The second-order valence-corrected chi connectivity index (χ2v) is 7.24. The third-order valence-corrected chi connectivity index (χ3v) is 5.20. The second kappa shape index (κ2) is 14.0. The lowest BCUT2D eigenvalue weighted by atomic mass is 9.89. The summed E-state index contributed by atoms with van der Waals surface area (Å²) in [5.74, 6) is 0.162. The number of hydrogen-bond donors (Lipinski definition) is 3. The number of aliphatic hydroxyl groups excluding tert-OH is 2. The third kappa shape index (κ3) is 8.97. The SMILES string of the molecule is CO[C@@H]1C[C@H](O)C(CC=CCCCC(N)=O)[C@H]1C=CCCCCCCO. The van der Waals surface area contributed by atoms with E-state index in [9.17, 15) is 9.90 Å². The second-order valence-electron chi connectivity index (χ2n) is 7.24. The van der Waals surface area contributed by atoms with E-state index in [1.807, 2.05) is 0 Å². The molecule has 5 nitrogen and oxygen atoms in total. The van der Waals surface area contributed by atoms with Crippen molar-refractivity contribution in [1.82, 2.24) is 0 Å². The predicted molar refractivity (Wildman–Crippen MR) is 105 cm³/mol. The number of primary amides is 1. The maximum atomic E-state index is 10.7. The van der Waals surface area contributed by atoms with E-state index in [2.05, 4.69) is 24.3 Å². The molecule has 4 N–H and O–H groups in total. The van der Waals surface area contributed by atoms with Crippen molar-refractivity contribution in [3.05, 3.63) is 24.3 Å². The van der Waals surface area contributed by atoms with Gasteiger partial charge in [0.05, 0.1) is 12.2 Å². The molecule has 26 heavy (non-hydrogen) atoms. The van der Waals surface area contributed by atoms with E-state index >= 15 is 0 Å². The van der Waals surface area contributed by atoms with Crippen LogP contribution in [0.4, 0.5) is 0 Å². The molecule has 0 bridgehead atoms. The standard InChI is InChI=1S/C21H37NO4/c1-26-20-16-19(24)17(12-8-5-6-10-14-21(22)25)18(20)13-9-4-2-3-7-11-15-23/h5,8-9,13,17-20,23-24H,2-4,6-7,10-12,14-16H2,1H3,(H2,22,25)/t17?,18-,19+,20-/m1/s1. The Balaban J connectivity index is 2.42. The van der Waals surface area contributed by atoms with Crippen LogP contribution in [0.1, 0.15) is 64.2 Å². The van der Waals surface area contributed by atoms with E-state index in [1.54, 1.807) is 7.11 Å². The molecular weight excluding hydrogens is 330 g/mol. The van der Waals surface area contributed by atoms with E-state index in [4.69, 9.17) is 15.6 Å². The van der Waals surface area contributed by atoms with Crippen molar-refractivity contribution in [2.45, 2.75) is 76.4 Å². The minimum absolute atomic E-state index is 0.0731. The van der Waals surface area contributed by atoms with Crippen molar-refractivity contribution in [2.75, 3.05) is 13.7 Å². The van der Waals surface area contributed by atoms with Crippen LogP contribution in [0.2, 0.25) is 0 Å². The van der Waals surface area contributed by atoms with Gasteiger partial charge in [0.1, 0.15) is 0 Å². The van der Waals surface area contributed by atoms with Crippen LogP contribution >= 0.6 is 0 Å². The maximum absolute atomic E-state index is 10.7. The van der Waals surface area contributed by atoms with Crippen LogP contribution < -0.4 is 5.73 Å². The zero-order chi connectivity index (χ0) is 19.2. The maximum Gasteiger partial charge on any atom is 0.217 e. The highest BCUT2D eigenvalue weighted by atomic mass is 16.5. The zero-order valence-corrected chi connectivity index (χ0v) is 16.2. The molecule has 1 saturated carbocycles. The Morgan fingerprint density at radius 1 is 1.12 bits per heavy atom. The fraction of sp³-hybridized carbons (Fsp3) is 0.762. The molecule has 0 saturated heterocycles. The number of unbranched alkanes of at least 4 members (excludes halogenated alkanes) is 5. The summed E-state index contributed by atoms with van der Waals surface area (Å²) in [6, 6.07) is 0. The van der Waals surface area contributed by atoms with Crippen molar-refractivity contribution < 1.29 is 19.7 Å². The number of amides is 1. The summed E-state index contributed by atoms with van der Waals surface area (Å²) in [6.07, 6.45) is 17.2. The van der Waals surface area contributed by atoms with Crippen molar-refractivity contribution in [3.63, 3.8) is 0 Å². The van der Waals surface area contributed by atoms with Gasteiger partial charge in [0.25, 0.3) is 0 Å². The monoisotopic (exact) mass is 367 g/mol. The molecule has 1 aliphatic rings. The van der Waals surface area contributed by atoms with Gasteiger partial charge in [-0.1, -0.05) is 37.1 Å². The molecule has 0 aromatic carbocycles. The first-order valence-electron chi connectivity index (χ1n) is 10.0. The Morgan fingerprint density at radius 2 is 1.85 bits per heavy atom. The summed E-state index contributed by atoms with van der Waals surface area (Å²) in [6.45, 7) is 0.281. The lowest BCUT2D eigenvalue weighted by Gasteiger charge is -2.20. The first kappa shape index (κ1) is 22.9. The van der Waals surface area contributed by atoms with Crippen molar-refractivity contribution >= 4 is 5.91 Å². The Kier molecular flexibility index (Phi) is 12.3. The molecule has 1 unspecified atom stereocenters. The molecule has 0 spiro atoms. The van der Waals surface area contributed by atoms with Crippen LogP contribution in [0.3, 0.4) is 0 Å². The van der Waals surface area contributed by atoms with Crippen LogP contribution in [-0.4, -0.2) is 42.0 Å². The fourth-order valence-corrected chi connectivity index (χ4v) is 3.68. The first-order valence-corrected chi connectivity index (χ1v) is 10.0. The topological polar surface area (TPSA) is 92.8 Å². The number of nitrogens with two attached hydrogens (primary N) is 1. The average molecular weight is 368 g/mol. The van der Waals surface area contributed by atoms with Gasteiger partial charge >= 0.3 is 0 Å². The molecule has 1 fully saturated rings. The van der Waals surface area contributed by atoms with Crippen LogP contribution in [0.15, 0.2) is 24.3 Å². The quantitative estimate of drug-likeness (QED) is 0.325. The number of carbonyl (C=O) groups excluding carboxylic acids is 1. The molecule has 4 atom stereocenters. The van der Waals surface area contributed by atoms with Crippen molar-refractivity contribution in [1.29, 1.82) is 0 Å². The van der Waals surface area contributed by atoms with Crippen LogP contribution in [0.5, 0.6) is 0 Å². The molecule has 0 aromatic rings. The van der Waals surface area contributed by atoms with Crippen LogP contribution in [0, 0.1) is 11.8 Å². The van der Waals surface area contributed by atoms with Gasteiger partial charge in [-0.25, -0.2) is 0 Å². The number of carbonyl (C=O) groups is 1. The number of methoxy groups -OCH3 is 1. The smallest absolute Gasteiger partial charge is 0.217 e. The van der Waals surface area contributed by atoms with Gasteiger partial charge in [-0.05, 0) is 44.4 Å². The highest BCUT2D eigenvalue weighted by Crippen LogP contribution is 2.38. The van der Waals surface area contributed by atoms with Gasteiger partial charge in [-0.15, -0.1) is 0 Å². The van der Waals surface area contributed by atoms with Gasteiger partial charge in [0, 0.05) is 32.5 Å². The third-order valence-electron chi connectivity index (χ3n) is 5.20. The Hall–Kier alpha value is -1.17. The lowest BCUT2D eigenvalue weighted by molar-refractivity contribution is -0.118. The molecular formula is C21H37NO4. The normalized spacial score (nSPS) is 26.3. The number of ether oxygens (including phenoxy) is 1. The molecule has 1 amide bonds. The highest BCUT2D eigenvalue weighted by Gasteiger charge is 2.40. The van der Waals surface area contributed by atoms with E-state index in [0.29, 0.717) is 12.8 Å². The largest absolute Gasteiger partial charge is 0.396 e. The summed E-state index contributed by atoms with van der Waals surface area (Å²) in [5, 5.41) is 19.2. The number of rotatable bonds is 14. The van der Waals surface area contributed by atoms with Crippen molar-refractivity contribution in [3.8, 4) is 0 Å². The van der Waals surface area contributed by atoms with Gasteiger partial charge in [0.2, 0.25) is 5.91 Å². The first-order chi connectivity index (χ1) is 12.6. The molecule has 0 aliphatic heterocycles. The lowest BCUT2D eigenvalue weighted by Crippen LogP contribution is -2.21. The molecule has 5 heteroatoms. The highest BCUT2D eigenvalue weighted by molar-refractivity contribution is 5.73. The van der Waals surface area contributed by atoms with Gasteiger partial charge in [-0.2, -0.15) is 0 Å². The van der Waals surface area contributed by atoms with Gasteiger partial charge < -0.3 is 20.7 Å². The van der Waals surface area contributed by atoms with Crippen molar-refractivity contribution in [2.24, 2.45) is 17.6 Å². The molecule has 1 aliphatic carbocycles. The Bertz CT molecular complexity index is 436.